The van der Waals surface area contributed by atoms with Gasteiger partial charge in [-0.25, -0.2) is 0 Å². The zero-order valence-corrected chi connectivity index (χ0v) is 11.5. The fraction of sp³-hybridized carbons (Fsp3) is 0.105. The topological polar surface area (TPSA) is 17.1 Å². The Hall–Kier alpha value is -2.41. The highest BCUT2D eigenvalue weighted by atomic mass is 16.1. The van der Waals surface area contributed by atoms with Gasteiger partial charge in [0.05, 0.1) is 0 Å². The number of benzene rings is 3. The van der Waals surface area contributed by atoms with Crippen LogP contribution in [-0.4, -0.2) is 5.78 Å². The Kier molecular flexibility index (Phi) is 3.34. The lowest BCUT2D eigenvalue weighted by Crippen LogP contribution is -2.04. The van der Waals surface area contributed by atoms with Crippen LogP contribution in [-0.2, 0) is 6.42 Å². The summed E-state index contributed by atoms with van der Waals surface area (Å²) in [7, 11) is 0. The average molecular weight is 260 g/mol. The number of hydrogen-bond donors (Lipinski definition) is 0. The number of fused-ring (bicyclic) bond motifs is 1. The van der Waals surface area contributed by atoms with Gasteiger partial charge in [-0.3, -0.25) is 4.79 Å². The molecule has 0 N–H and O–H groups in total. The van der Waals surface area contributed by atoms with Crippen molar-refractivity contribution in [1.29, 1.82) is 0 Å². The molecule has 1 nitrogen and oxygen atoms in total. The largest absolute Gasteiger partial charge is 0.294 e. The first kappa shape index (κ1) is 12.6. The minimum Gasteiger partial charge on any atom is -0.294 e. The summed E-state index contributed by atoms with van der Waals surface area (Å²) in [6.07, 6.45) is 0.452. The van der Waals surface area contributed by atoms with Crippen molar-refractivity contribution in [2.45, 2.75) is 13.3 Å². The van der Waals surface area contributed by atoms with Gasteiger partial charge in [0, 0.05) is 12.0 Å². The van der Waals surface area contributed by atoms with E-state index in [0.717, 1.165) is 21.9 Å². The normalized spacial score (nSPS) is 10.7. The minimum absolute atomic E-state index is 0.174. The zero-order chi connectivity index (χ0) is 13.9. The molecule has 0 unspecified atom stereocenters. The fourth-order valence-electron chi connectivity index (χ4n) is 2.57. The maximum Gasteiger partial charge on any atom is 0.167 e. The third-order valence-electron chi connectivity index (χ3n) is 3.65. The summed E-state index contributed by atoms with van der Waals surface area (Å²) in [5.41, 5.74) is 3.08. The molecule has 0 fully saturated rings. The van der Waals surface area contributed by atoms with Crippen LogP contribution in [0.15, 0.2) is 66.7 Å². The molecule has 98 valence electrons. The van der Waals surface area contributed by atoms with Crippen LogP contribution in [0.25, 0.3) is 10.8 Å². The molecule has 0 saturated carbocycles. The van der Waals surface area contributed by atoms with Crippen LogP contribution in [0.1, 0.15) is 21.5 Å². The molecule has 0 aliphatic heterocycles. The van der Waals surface area contributed by atoms with E-state index < -0.39 is 0 Å². The van der Waals surface area contributed by atoms with Crippen molar-refractivity contribution in [3.8, 4) is 0 Å². The second-order valence-electron chi connectivity index (χ2n) is 5.06. The van der Waals surface area contributed by atoms with Crippen molar-refractivity contribution in [3.63, 3.8) is 0 Å². The second-order valence-corrected chi connectivity index (χ2v) is 5.06. The van der Waals surface area contributed by atoms with Gasteiger partial charge < -0.3 is 0 Å². The van der Waals surface area contributed by atoms with E-state index in [1.807, 2.05) is 60.7 Å². The molecule has 0 aliphatic carbocycles. The standard InChI is InChI=1S/C19H16O/c1-14-11-12-18(17-10-6-5-9-16(14)17)19(20)13-15-7-3-2-4-8-15/h2-12H,13H2,1H3. The molecule has 0 heterocycles. The molecular formula is C19H16O. The van der Waals surface area contributed by atoms with Gasteiger partial charge in [-0.05, 0) is 28.8 Å². The molecule has 0 aliphatic rings. The van der Waals surface area contributed by atoms with Gasteiger partial charge in [0.1, 0.15) is 0 Å². The number of carbonyl (C=O) groups is 1. The first-order chi connectivity index (χ1) is 9.75. The van der Waals surface area contributed by atoms with Crippen LogP contribution in [0.5, 0.6) is 0 Å². The summed E-state index contributed by atoms with van der Waals surface area (Å²) in [4.78, 5) is 12.5. The summed E-state index contributed by atoms with van der Waals surface area (Å²) in [6, 6.07) is 22.0. The molecule has 0 spiro atoms. The Labute approximate surface area is 118 Å². The summed E-state index contributed by atoms with van der Waals surface area (Å²) in [5.74, 6) is 0.174. The van der Waals surface area contributed by atoms with Crippen LogP contribution in [0, 0.1) is 6.92 Å². The molecule has 0 atom stereocenters. The molecule has 3 aromatic rings. The van der Waals surface area contributed by atoms with Gasteiger partial charge >= 0.3 is 0 Å². The number of hydrogen-bond acceptors (Lipinski definition) is 1. The molecule has 0 amide bonds. The highest BCUT2D eigenvalue weighted by Gasteiger charge is 2.11. The predicted molar refractivity (Wildman–Crippen MR) is 83.2 cm³/mol. The molecule has 0 aromatic heterocycles. The number of aryl methyl sites for hydroxylation is 1. The van der Waals surface area contributed by atoms with E-state index in [-0.39, 0.29) is 5.78 Å². The van der Waals surface area contributed by atoms with Gasteiger partial charge in [-0.15, -0.1) is 0 Å². The van der Waals surface area contributed by atoms with Crippen molar-refractivity contribution in [1.82, 2.24) is 0 Å². The maximum absolute atomic E-state index is 12.5. The highest BCUT2D eigenvalue weighted by molar-refractivity contribution is 6.09. The van der Waals surface area contributed by atoms with Crippen LogP contribution >= 0.6 is 0 Å². The Morgan fingerprint density at radius 2 is 1.45 bits per heavy atom. The van der Waals surface area contributed by atoms with Gasteiger partial charge in [-0.1, -0.05) is 66.7 Å². The van der Waals surface area contributed by atoms with Crippen molar-refractivity contribution >= 4 is 16.6 Å². The van der Waals surface area contributed by atoms with Gasteiger partial charge in [-0.2, -0.15) is 0 Å². The lowest BCUT2D eigenvalue weighted by atomic mass is 9.95. The smallest absolute Gasteiger partial charge is 0.167 e. The molecular weight excluding hydrogens is 244 g/mol. The third-order valence-corrected chi connectivity index (χ3v) is 3.65. The number of carbonyl (C=O) groups excluding carboxylic acids is 1. The van der Waals surface area contributed by atoms with E-state index in [1.54, 1.807) is 0 Å². The minimum atomic E-state index is 0.174. The SMILES string of the molecule is Cc1ccc(C(=O)Cc2ccccc2)c2ccccc12. The molecule has 0 bridgehead atoms. The van der Waals surface area contributed by atoms with E-state index in [2.05, 4.69) is 13.0 Å². The fourth-order valence-corrected chi connectivity index (χ4v) is 2.57. The van der Waals surface area contributed by atoms with Gasteiger partial charge in [0.15, 0.2) is 5.78 Å². The van der Waals surface area contributed by atoms with E-state index in [9.17, 15) is 4.79 Å². The zero-order valence-electron chi connectivity index (χ0n) is 11.5. The van der Waals surface area contributed by atoms with Crippen molar-refractivity contribution in [2.75, 3.05) is 0 Å². The van der Waals surface area contributed by atoms with Gasteiger partial charge in [0.2, 0.25) is 0 Å². The Balaban J connectivity index is 2.02. The first-order valence-corrected chi connectivity index (χ1v) is 6.81. The molecule has 0 saturated heterocycles. The van der Waals surface area contributed by atoms with Crippen LogP contribution in [0.4, 0.5) is 0 Å². The third kappa shape index (κ3) is 2.35. The van der Waals surface area contributed by atoms with Crippen LogP contribution in [0.3, 0.4) is 0 Å². The first-order valence-electron chi connectivity index (χ1n) is 6.81. The monoisotopic (exact) mass is 260 g/mol. The highest BCUT2D eigenvalue weighted by Crippen LogP contribution is 2.23. The molecule has 0 radical (unpaired) electrons. The summed E-state index contributed by atoms with van der Waals surface area (Å²) in [6.45, 7) is 2.08. The average Bonchev–Trinajstić information content (AvgIpc) is 2.49. The maximum atomic E-state index is 12.5. The molecule has 1 heteroatoms. The van der Waals surface area contributed by atoms with E-state index in [1.165, 1.54) is 5.56 Å². The van der Waals surface area contributed by atoms with Crippen LogP contribution < -0.4 is 0 Å². The van der Waals surface area contributed by atoms with E-state index in [4.69, 9.17) is 0 Å². The number of ketones is 1. The number of rotatable bonds is 3. The summed E-state index contributed by atoms with van der Waals surface area (Å²) < 4.78 is 0. The summed E-state index contributed by atoms with van der Waals surface area (Å²) >= 11 is 0. The van der Waals surface area contributed by atoms with Crippen LogP contribution in [0.2, 0.25) is 0 Å². The quantitative estimate of drug-likeness (QED) is 0.630. The molecule has 20 heavy (non-hydrogen) atoms. The lowest BCUT2D eigenvalue weighted by Gasteiger charge is -2.08. The number of Topliss-reactive ketones (excluding diaryl/α,β-unsaturated/α-hetero) is 1. The van der Waals surface area contributed by atoms with E-state index >= 15 is 0 Å². The van der Waals surface area contributed by atoms with Crippen molar-refractivity contribution in [2.24, 2.45) is 0 Å². The second kappa shape index (κ2) is 5.30. The Morgan fingerprint density at radius 1 is 0.800 bits per heavy atom. The Morgan fingerprint density at radius 3 is 2.20 bits per heavy atom. The van der Waals surface area contributed by atoms with Crippen molar-refractivity contribution < 1.29 is 4.79 Å². The molecule has 3 aromatic carbocycles. The predicted octanol–water partition coefficient (Wildman–Crippen LogP) is 4.57. The van der Waals surface area contributed by atoms with Gasteiger partial charge in [0.25, 0.3) is 0 Å². The summed E-state index contributed by atoms with van der Waals surface area (Å²) in [5, 5.41) is 2.21. The lowest BCUT2D eigenvalue weighted by molar-refractivity contribution is 0.0994. The van der Waals surface area contributed by atoms with E-state index in [0.29, 0.717) is 6.42 Å². The Bertz CT molecular complexity index is 757. The molecule has 3 rings (SSSR count). The van der Waals surface area contributed by atoms with Crippen molar-refractivity contribution in [3.05, 3.63) is 83.4 Å².